The highest BCUT2D eigenvalue weighted by Gasteiger charge is 2.71. The quantitative estimate of drug-likeness (QED) is 0.0490. The van der Waals surface area contributed by atoms with Crippen LogP contribution in [0.1, 0.15) is 306 Å². The minimum absolute atomic E-state index is 0.0133. The first kappa shape index (κ1) is 90.9. The van der Waals surface area contributed by atoms with Crippen LogP contribution in [-0.2, 0) is 68.8 Å². The highest BCUT2D eigenvalue weighted by molar-refractivity contribution is 6.00. The minimum Gasteiger partial charge on any atom is -0.507 e. The number of ketones is 2. The van der Waals surface area contributed by atoms with E-state index in [1.54, 1.807) is 30.3 Å². The number of carbonyl (C=O) groups is 7. The number of nitrogens with zero attached hydrogens (tertiary/aromatic N) is 5. The fraction of sp³-hybridized carbons (Fsp3) is 0.629. The Bertz CT molecular complexity index is 5570. The minimum atomic E-state index is -1.07. The number of likely N-dealkylation sites (N-methyl/N-ethyl adjacent to an activating group) is 1. The molecule has 9 saturated carbocycles. The molecule has 0 spiro atoms. The maximum atomic E-state index is 12.5. The standard InChI is InChI=1S/C22H30N2O4.C22H28N2O4.C21H26N2O4.C21H28N2O3.C19H24N2O2/c2*23-20(27)16-5-4-14-10-17-22(28)7-6-15(25)11-21(22,18(14)19(16)26)8-9-24(17)12-13-2-1-3-13;22-19(26)15-4-3-13-9-16-21(27)6-5-14(24)10-20(21,17(13)18(15)25)7-8-23(16)11-12-1-2-12;22-19(25)15-6-5-14-11-16-21(26)8-2-1-7-20(21,17(14)18(15)24)9-10-23(16)12-13-3-4-13;1-11-3-6-14-15-9-12-4-5-13(18(20)23)17(22)16(12)19(14,10-11)7-8-21(15)2/h4-5,13,15,17,25-26,28H,1-3,6-12H2,(H2,23,27);4-5,13,17,26,28H,1-3,6-12H2,(H2,23,27);3-4,12,16,25,27H,1-2,5-11H2,(H2,22,26);5-6,13,16,24,26H,1-4,7-12H2,(H2,22,25);4-5,14-15,22H,1,3,6-10H2,2H3,(H2,20,23). The van der Waals surface area contributed by atoms with Gasteiger partial charge in [-0.25, -0.2) is 0 Å². The van der Waals surface area contributed by atoms with Gasteiger partial charge < -0.3 is 84.6 Å². The Kier molecular flexibility index (Phi) is 22.9. The number of fused-ring (bicyclic) bond motifs is 5. The van der Waals surface area contributed by atoms with Gasteiger partial charge in [-0.3, -0.25) is 53.2 Å². The molecule has 5 aromatic rings. The van der Waals surface area contributed by atoms with Crippen LogP contribution in [0.25, 0.3) is 0 Å². The molecule has 5 heterocycles. The molecule has 5 amide bonds. The Balaban J connectivity index is 0.000000103. The Labute approximate surface area is 772 Å². The number of carbonyl (C=O) groups excluding carboxylic acids is 7. The highest BCUT2D eigenvalue weighted by Crippen LogP contribution is 2.67. The van der Waals surface area contributed by atoms with Crippen LogP contribution < -0.4 is 28.7 Å². The van der Waals surface area contributed by atoms with E-state index in [4.69, 9.17) is 28.7 Å². The number of nitrogens with two attached hydrogens (primary N) is 5. The number of Topliss-reactive ketones (excluding diaryl/α,β-unsaturated/α-hetero) is 2. The second kappa shape index (κ2) is 33.3. The van der Waals surface area contributed by atoms with Gasteiger partial charge in [-0.05, 0) is 307 Å². The summed E-state index contributed by atoms with van der Waals surface area (Å²) < 4.78 is 0. The van der Waals surface area contributed by atoms with E-state index in [2.05, 4.69) is 38.1 Å². The average molecular weight is 1810 g/mol. The normalized spacial score (nSPS) is 35.6. The number of benzene rings is 5. The average Bonchev–Trinajstić information content (AvgIpc) is 0.895. The molecule has 5 aromatic carbocycles. The fourth-order valence-corrected chi connectivity index (χ4v) is 30.8. The lowest BCUT2D eigenvalue weighted by Crippen LogP contribution is -2.73. The van der Waals surface area contributed by atoms with Crippen LogP contribution in [-0.4, -0.2) is 241 Å². The number of rotatable bonds is 13. The molecule has 16 atom stereocenters. The summed E-state index contributed by atoms with van der Waals surface area (Å²) in [5.41, 5.74) is 31.2. The molecule has 132 heavy (non-hydrogen) atoms. The van der Waals surface area contributed by atoms with Crippen LogP contribution in [0, 0.1) is 29.6 Å². The number of aliphatic hydroxyl groups excluding tert-OH is 1. The first-order chi connectivity index (χ1) is 63.0. The molecule has 5 saturated heterocycles. The summed E-state index contributed by atoms with van der Waals surface area (Å²) >= 11 is 0. The van der Waals surface area contributed by atoms with Gasteiger partial charge in [0.15, 0.2) is 0 Å². The molecule has 0 aromatic heterocycles. The lowest BCUT2D eigenvalue weighted by atomic mass is 9.48. The van der Waals surface area contributed by atoms with Crippen LogP contribution in [0.4, 0.5) is 0 Å². The monoisotopic (exact) mass is 1810 g/mol. The zero-order chi connectivity index (χ0) is 92.8. The predicted molar refractivity (Wildman–Crippen MR) is 493 cm³/mol. The van der Waals surface area contributed by atoms with Gasteiger partial charge in [0, 0.05) is 137 Å². The lowest BCUT2D eigenvalue weighted by molar-refractivity contribution is -0.185. The van der Waals surface area contributed by atoms with E-state index in [0.29, 0.717) is 118 Å². The molecule has 27 nitrogen and oxygen atoms in total. The van der Waals surface area contributed by atoms with Gasteiger partial charge in [-0.1, -0.05) is 68.2 Å². The number of aromatic hydroxyl groups is 5. The Morgan fingerprint density at radius 3 is 1.08 bits per heavy atom. The van der Waals surface area contributed by atoms with Gasteiger partial charge in [0.2, 0.25) is 0 Å². The van der Waals surface area contributed by atoms with E-state index in [1.807, 2.05) is 30.3 Å². The molecule has 20 N–H and O–H groups in total. The van der Waals surface area contributed by atoms with Crippen LogP contribution in [0.5, 0.6) is 28.7 Å². The van der Waals surface area contributed by atoms with Crippen molar-refractivity contribution in [1.29, 1.82) is 0 Å². The zero-order valence-corrected chi connectivity index (χ0v) is 76.6. The van der Waals surface area contributed by atoms with E-state index < -0.39 is 79.7 Å². The summed E-state index contributed by atoms with van der Waals surface area (Å²) in [6, 6.07) is 18.1. The number of primary amides is 5. The smallest absolute Gasteiger partial charge is 0.252 e. The third-order valence-electron chi connectivity index (χ3n) is 38.0. The molecule has 16 unspecified atom stereocenters. The molecular weight excluding hydrogens is 1670 g/mol. The third-order valence-corrected chi connectivity index (χ3v) is 38.0. The van der Waals surface area contributed by atoms with Gasteiger partial charge in [0.05, 0.1) is 56.3 Å². The Morgan fingerprint density at radius 1 is 0.364 bits per heavy atom. The summed E-state index contributed by atoms with van der Waals surface area (Å²) in [6.07, 6.45) is 30.0. The van der Waals surface area contributed by atoms with Crippen LogP contribution in [0.15, 0.2) is 72.8 Å². The number of aliphatic hydroxyl groups is 5. The van der Waals surface area contributed by atoms with E-state index >= 15 is 0 Å². The van der Waals surface area contributed by atoms with E-state index in [1.165, 1.54) is 75.3 Å². The van der Waals surface area contributed by atoms with Crippen molar-refractivity contribution in [3.05, 3.63) is 156 Å². The molecule has 5 aliphatic heterocycles. The van der Waals surface area contributed by atoms with Crippen LogP contribution >= 0.6 is 0 Å². The third kappa shape index (κ3) is 14.1. The number of hydrogen-bond acceptors (Lipinski definition) is 22. The zero-order valence-electron chi connectivity index (χ0n) is 76.6. The van der Waals surface area contributed by atoms with Gasteiger partial charge in [0.25, 0.3) is 29.5 Å². The second-order valence-corrected chi connectivity index (χ2v) is 44.4. The number of piperidine rings is 5. The lowest BCUT2D eigenvalue weighted by Gasteiger charge is -2.64. The molecule has 19 aliphatic rings. The van der Waals surface area contributed by atoms with Crippen molar-refractivity contribution >= 4 is 41.1 Å². The van der Waals surface area contributed by atoms with Crippen molar-refractivity contribution in [2.24, 2.45) is 58.3 Å². The van der Waals surface area contributed by atoms with Crippen molar-refractivity contribution < 1.29 is 84.6 Å². The van der Waals surface area contributed by atoms with Crippen LogP contribution in [0.2, 0.25) is 0 Å². The van der Waals surface area contributed by atoms with Gasteiger partial charge in [-0.15, -0.1) is 0 Å². The van der Waals surface area contributed by atoms with E-state index in [0.717, 1.165) is 181 Å². The molecule has 27 heteroatoms. The predicted octanol–water partition coefficient (Wildman–Crippen LogP) is 8.75. The maximum Gasteiger partial charge on any atom is 0.252 e. The van der Waals surface area contributed by atoms with E-state index in [-0.39, 0.29) is 111 Å². The molecule has 14 fully saturated rings. The van der Waals surface area contributed by atoms with Gasteiger partial charge >= 0.3 is 0 Å². The second-order valence-electron chi connectivity index (χ2n) is 44.4. The molecule has 24 rings (SSSR count). The highest BCUT2D eigenvalue weighted by atomic mass is 16.3. The summed E-state index contributed by atoms with van der Waals surface area (Å²) in [7, 11) is 2.21. The topological polar surface area (TPSA) is 468 Å². The molecule has 10 bridgehead atoms. The largest absolute Gasteiger partial charge is 0.507 e. The first-order valence-corrected chi connectivity index (χ1v) is 49.7. The number of likely N-dealkylation sites (tertiary alicyclic amines) is 5. The summed E-state index contributed by atoms with van der Waals surface area (Å²) in [6.45, 7) is 12.8. The number of amides is 5. The SMILES string of the molecule is C=C1CCC2C3Cc4ccc(C(N)=O)c(O)c4C2(CCN3C)C1.NC(=O)c1ccc2c(c1O)C13CCCCC1(O)C(C2)N(CC1CC1)CC3.NC(=O)c1ccc2c(c1O)C13CCN(CC4CC4)C(C2)C1(O)CCC(=O)C3.NC(=O)c1ccc2c(c1O)C13CCN(CC4CCC4)C(C2)C1(O)CCC(=O)C3.NC(=O)c1ccc2c(c1O)C13CCN(CC4CCC4)C(C2)C1(O)CCC(O)C3. The van der Waals surface area contributed by atoms with Gasteiger partial charge in [0.1, 0.15) is 40.3 Å². The first-order valence-electron chi connectivity index (χ1n) is 49.7. The van der Waals surface area contributed by atoms with Crippen molar-refractivity contribution in [3.8, 4) is 28.7 Å². The maximum absolute atomic E-state index is 12.5. The Hall–Kier alpha value is -8.87. The van der Waals surface area contributed by atoms with Crippen molar-refractivity contribution in [1.82, 2.24) is 24.5 Å². The van der Waals surface area contributed by atoms with Crippen molar-refractivity contribution in [2.45, 2.75) is 317 Å². The van der Waals surface area contributed by atoms with Crippen LogP contribution in [0.3, 0.4) is 0 Å². The summed E-state index contributed by atoms with van der Waals surface area (Å²) in [4.78, 5) is 96.2. The van der Waals surface area contributed by atoms with E-state index in [9.17, 15) is 84.6 Å². The number of allylic oxidation sites excluding steroid dienone is 1. The molecule has 14 aliphatic carbocycles. The molecule has 0 radical (unpaired) electrons. The Morgan fingerprint density at radius 2 is 0.697 bits per heavy atom. The number of hydrogen-bond donors (Lipinski definition) is 15. The molecular formula is C105H136N10O17. The van der Waals surface area contributed by atoms with Crippen molar-refractivity contribution in [2.75, 3.05) is 66.0 Å². The summed E-state index contributed by atoms with van der Waals surface area (Å²) in [5.74, 6) is 0.269. The summed E-state index contributed by atoms with van der Waals surface area (Å²) in [5, 5.41) is 113. The van der Waals surface area contributed by atoms with Gasteiger partial charge in [-0.2, -0.15) is 0 Å². The van der Waals surface area contributed by atoms with Crippen molar-refractivity contribution in [3.63, 3.8) is 0 Å². The molecule has 708 valence electrons. The number of phenols is 5. The fourth-order valence-electron chi connectivity index (χ4n) is 30.8.